The first-order chi connectivity index (χ1) is 9.08. The van der Waals surface area contributed by atoms with Crippen LogP contribution >= 0.6 is 11.8 Å². The average molecular weight is 281 g/mol. The van der Waals surface area contributed by atoms with Gasteiger partial charge in [-0.1, -0.05) is 12.1 Å². The first kappa shape index (κ1) is 13.7. The first-order valence-corrected chi connectivity index (χ1v) is 6.91. The average Bonchev–Trinajstić information content (AvgIpc) is 2.43. The number of thioether (sulfide) groups is 1. The molecule has 1 N–H and O–H groups in total. The highest BCUT2D eigenvalue weighted by molar-refractivity contribution is 7.99. The summed E-state index contributed by atoms with van der Waals surface area (Å²) in [5, 5.41) is 8.61. The maximum Gasteiger partial charge on any atom is 0.305 e. The lowest BCUT2D eigenvalue weighted by Gasteiger charge is -2.28. The number of para-hydroxylation sites is 1. The predicted octanol–water partition coefficient (Wildman–Crippen LogP) is 1.47. The van der Waals surface area contributed by atoms with Crippen molar-refractivity contribution in [3.63, 3.8) is 0 Å². The Morgan fingerprint density at radius 2 is 2.21 bits per heavy atom. The van der Waals surface area contributed by atoms with E-state index in [1.165, 1.54) is 4.90 Å². The Morgan fingerprint density at radius 3 is 2.95 bits per heavy atom. The second-order valence-electron chi connectivity index (χ2n) is 4.27. The van der Waals surface area contributed by atoms with E-state index in [0.29, 0.717) is 11.5 Å². The second kappa shape index (κ2) is 5.97. The lowest BCUT2D eigenvalue weighted by atomic mass is 10.3. The van der Waals surface area contributed by atoms with Gasteiger partial charge in [0, 0.05) is 24.2 Å². The standard InChI is InChI=1S/C13H15NO4S/c1-14(7-6-12(15)16)13(17)10-8-19-11-5-3-2-4-9(11)18-10/h2-5,10H,6-8H2,1H3,(H,15,16)/t10-/m0/s1. The van der Waals surface area contributed by atoms with Gasteiger partial charge in [0.05, 0.1) is 6.42 Å². The lowest BCUT2D eigenvalue weighted by molar-refractivity contribution is -0.140. The van der Waals surface area contributed by atoms with E-state index in [2.05, 4.69) is 0 Å². The summed E-state index contributed by atoms with van der Waals surface area (Å²) in [6.07, 6.45) is -0.600. The Balaban J connectivity index is 1.96. The summed E-state index contributed by atoms with van der Waals surface area (Å²) < 4.78 is 5.66. The smallest absolute Gasteiger partial charge is 0.305 e. The molecule has 0 spiro atoms. The summed E-state index contributed by atoms with van der Waals surface area (Å²) in [7, 11) is 1.60. The number of hydrogen-bond acceptors (Lipinski definition) is 4. The van der Waals surface area contributed by atoms with Crippen molar-refractivity contribution in [3.05, 3.63) is 24.3 Å². The minimum atomic E-state index is -0.913. The number of ether oxygens (including phenoxy) is 1. The van der Waals surface area contributed by atoms with E-state index >= 15 is 0 Å². The van der Waals surface area contributed by atoms with Gasteiger partial charge in [-0.15, -0.1) is 11.8 Å². The molecule has 0 aromatic heterocycles. The van der Waals surface area contributed by atoms with E-state index in [0.717, 1.165) is 4.90 Å². The van der Waals surface area contributed by atoms with Gasteiger partial charge in [-0.3, -0.25) is 9.59 Å². The van der Waals surface area contributed by atoms with Crippen LogP contribution in [0.4, 0.5) is 0 Å². The van der Waals surface area contributed by atoms with Crippen LogP contribution in [0, 0.1) is 0 Å². The highest BCUT2D eigenvalue weighted by atomic mass is 32.2. The summed E-state index contributed by atoms with van der Waals surface area (Å²) in [6, 6.07) is 7.57. The molecule has 19 heavy (non-hydrogen) atoms. The van der Waals surface area contributed by atoms with E-state index in [4.69, 9.17) is 9.84 Å². The molecule has 102 valence electrons. The summed E-state index contributed by atoms with van der Waals surface area (Å²) in [6.45, 7) is 0.195. The van der Waals surface area contributed by atoms with Crippen molar-refractivity contribution < 1.29 is 19.4 Å². The normalized spacial score (nSPS) is 17.2. The molecule has 0 saturated carbocycles. The van der Waals surface area contributed by atoms with Gasteiger partial charge in [-0.25, -0.2) is 0 Å². The number of nitrogens with zero attached hydrogens (tertiary/aromatic N) is 1. The maximum atomic E-state index is 12.1. The number of aliphatic carboxylic acids is 1. The number of hydrogen-bond donors (Lipinski definition) is 1. The summed E-state index contributed by atoms with van der Waals surface area (Å²) in [5.74, 6) is 0.170. The fraction of sp³-hybridized carbons (Fsp3) is 0.385. The number of amides is 1. The van der Waals surface area contributed by atoms with E-state index in [-0.39, 0.29) is 18.9 Å². The Labute approximate surface area is 115 Å². The zero-order chi connectivity index (χ0) is 13.8. The number of carboxylic acids is 1. The number of rotatable bonds is 4. The van der Waals surface area contributed by atoms with Crippen molar-refractivity contribution in [3.8, 4) is 5.75 Å². The first-order valence-electron chi connectivity index (χ1n) is 5.93. The zero-order valence-corrected chi connectivity index (χ0v) is 11.4. The van der Waals surface area contributed by atoms with Gasteiger partial charge in [0.1, 0.15) is 5.75 Å². The molecule has 0 saturated heterocycles. The Kier molecular flexibility index (Phi) is 4.31. The topological polar surface area (TPSA) is 66.8 Å². The van der Waals surface area contributed by atoms with Gasteiger partial charge < -0.3 is 14.7 Å². The van der Waals surface area contributed by atoms with Crippen molar-refractivity contribution >= 4 is 23.6 Å². The minimum Gasteiger partial charge on any atom is -0.481 e. The van der Waals surface area contributed by atoms with Crippen LogP contribution in [-0.4, -0.2) is 47.3 Å². The maximum absolute atomic E-state index is 12.1. The predicted molar refractivity (Wildman–Crippen MR) is 71.5 cm³/mol. The lowest BCUT2D eigenvalue weighted by Crippen LogP contribution is -2.43. The second-order valence-corrected chi connectivity index (χ2v) is 5.33. The fourth-order valence-corrected chi connectivity index (χ4v) is 2.74. The molecular weight excluding hydrogens is 266 g/mol. The van der Waals surface area contributed by atoms with Gasteiger partial charge in [0.2, 0.25) is 0 Å². The van der Waals surface area contributed by atoms with Gasteiger partial charge in [0.25, 0.3) is 5.91 Å². The van der Waals surface area contributed by atoms with Crippen LogP contribution < -0.4 is 4.74 Å². The van der Waals surface area contributed by atoms with Gasteiger partial charge in [-0.05, 0) is 12.1 Å². The van der Waals surface area contributed by atoms with E-state index in [1.807, 2.05) is 24.3 Å². The fourth-order valence-electron chi connectivity index (χ4n) is 1.76. The van der Waals surface area contributed by atoms with Crippen molar-refractivity contribution in [1.29, 1.82) is 0 Å². The van der Waals surface area contributed by atoms with Crippen molar-refractivity contribution in [2.45, 2.75) is 17.4 Å². The van der Waals surface area contributed by atoms with Crippen molar-refractivity contribution in [2.24, 2.45) is 0 Å². The largest absolute Gasteiger partial charge is 0.481 e. The van der Waals surface area contributed by atoms with Crippen LogP contribution in [0.5, 0.6) is 5.75 Å². The van der Waals surface area contributed by atoms with E-state index in [9.17, 15) is 9.59 Å². The summed E-state index contributed by atoms with van der Waals surface area (Å²) >= 11 is 1.58. The quantitative estimate of drug-likeness (QED) is 0.905. The Morgan fingerprint density at radius 1 is 1.47 bits per heavy atom. The molecule has 1 aliphatic rings. The van der Waals surface area contributed by atoms with Crippen LogP contribution in [0.1, 0.15) is 6.42 Å². The number of fused-ring (bicyclic) bond motifs is 1. The monoisotopic (exact) mass is 281 g/mol. The SMILES string of the molecule is CN(CCC(=O)O)C(=O)[C@@H]1CSc2ccccc2O1. The molecule has 0 radical (unpaired) electrons. The van der Waals surface area contributed by atoms with E-state index in [1.54, 1.807) is 18.8 Å². The van der Waals surface area contributed by atoms with E-state index < -0.39 is 12.1 Å². The molecule has 0 aliphatic carbocycles. The molecule has 1 atom stereocenters. The summed E-state index contributed by atoms with van der Waals surface area (Å²) in [5.41, 5.74) is 0. The summed E-state index contributed by atoms with van der Waals surface area (Å²) in [4.78, 5) is 25.0. The van der Waals surface area contributed by atoms with Crippen LogP contribution in [0.15, 0.2) is 29.2 Å². The van der Waals surface area contributed by atoms with Crippen LogP contribution in [0.2, 0.25) is 0 Å². The van der Waals surface area contributed by atoms with Crippen LogP contribution in [0.25, 0.3) is 0 Å². The van der Waals surface area contributed by atoms with Crippen LogP contribution in [-0.2, 0) is 9.59 Å². The van der Waals surface area contributed by atoms with Crippen molar-refractivity contribution in [1.82, 2.24) is 4.90 Å². The molecule has 6 heteroatoms. The molecule has 2 rings (SSSR count). The molecule has 0 unspecified atom stereocenters. The van der Waals surface area contributed by atoms with Crippen LogP contribution in [0.3, 0.4) is 0 Å². The highest BCUT2D eigenvalue weighted by Crippen LogP contribution is 2.35. The highest BCUT2D eigenvalue weighted by Gasteiger charge is 2.28. The third-order valence-corrected chi connectivity index (χ3v) is 3.94. The number of carbonyl (C=O) groups excluding carboxylic acids is 1. The number of benzene rings is 1. The van der Waals surface area contributed by atoms with Gasteiger partial charge >= 0.3 is 5.97 Å². The molecule has 1 aromatic carbocycles. The third kappa shape index (κ3) is 3.41. The third-order valence-electron chi connectivity index (χ3n) is 2.82. The molecule has 1 heterocycles. The van der Waals surface area contributed by atoms with Gasteiger partial charge in [0.15, 0.2) is 6.10 Å². The zero-order valence-electron chi connectivity index (χ0n) is 10.5. The minimum absolute atomic E-state index is 0.0569. The molecule has 0 fully saturated rings. The molecule has 0 bridgehead atoms. The molecule has 1 aromatic rings. The van der Waals surface area contributed by atoms with Gasteiger partial charge in [-0.2, -0.15) is 0 Å². The molecule has 1 aliphatic heterocycles. The Hall–Kier alpha value is -1.69. The molecule has 1 amide bonds. The Bertz CT molecular complexity index is 491. The van der Waals surface area contributed by atoms with Crippen molar-refractivity contribution in [2.75, 3.05) is 19.3 Å². The molecule has 5 nitrogen and oxygen atoms in total. The number of likely N-dealkylation sites (N-methyl/N-ethyl adjacent to an activating group) is 1. The number of carboxylic acid groups (broad SMARTS) is 1. The molecular formula is C13H15NO4S. The number of carbonyl (C=O) groups is 2.